The second-order valence-electron chi connectivity index (χ2n) is 6.94. The number of nitrogens with one attached hydrogen (secondary N) is 1. The summed E-state index contributed by atoms with van der Waals surface area (Å²) >= 11 is 0. The highest BCUT2D eigenvalue weighted by atomic mass is 16.7. The van der Waals surface area contributed by atoms with E-state index in [1.807, 2.05) is 48.5 Å². The molecule has 6 rings (SSSR count). The summed E-state index contributed by atoms with van der Waals surface area (Å²) in [6, 6.07) is 15.5. The number of aromatic nitrogens is 4. The second-order valence-corrected chi connectivity index (χ2v) is 6.94. The van der Waals surface area contributed by atoms with Gasteiger partial charge in [0.1, 0.15) is 5.82 Å². The molecule has 0 saturated carbocycles. The zero-order valence-corrected chi connectivity index (χ0v) is 15.9. The molecule has 0 spiro atoms. The topological polar surface area (TPSA) is 92.0 Å². The minimum absolute atomic E-state index is 0.231. The van der Waals surface area contributed by atoms with Gasteiger partial charge < -0.3 is 24.3 Å². The molecule has 30 heavy (non-hydrogen) atoms. The highest BCUT2D eigenvalue weighted by molar-refractivity contribution is 5.64. The molecule has 4 aromatic rings. The Labute approximate surface area is 171 Å². The highest BCUT2D eigenvalue weighted by Crippen LogP contribution is 2.35. The number of rotatable bonds is 5. The molecular weight excluding hydrogens is 386 g/mol. The molecule has 0 unspecified atom stereocenters. The fraction of sp³-hybridized carbons (Fsp3) is 0.190. The van der Waals surface area contributed by atoms with E-state index in [4.69, 9.17) is 18.9 Å². The van der Waals surface area contributed by atoms with Crippen LogP contribution in [-0.4, -0.2) is 39.9 Å². The van der Waals surface area contributed by atoms with Crippen molar-refractivity contribution in [3.63, 3.8) is 0 Å². The van der Waals surface area contributed by atoms with Crippen LogP contribution in [-0.2, 0) is 6.42 Å². The first-order valence-corrected chi connectivity index (χ1v) is 9.58. The molecule has 0 aliphatic carbocycles. The number of hydrogen-bond acceptors (Lipinski definition) is 8. The van der Waals surface area contributed by atoms with Gasteiger partial charge in [-0.05, 0) is 54.4 Å². The SMILES string of the molecule is c1cc2c(cc1CCNc1ccc3nnc(-c4ccc5c(c4)OCO5)n3n1)OCO2. The zero-order chi connectivity index (χ0) is 19.9. The van der Waals surface area contributed by atoms with E-state index in [0.29, 0.717) is 17.2 Å². The van der Waals surface area contributed by atoms with Crippen LogP contribution < -0.4 is 24.3 Å². The van der Waals surface area contributed by atoms with Crippen molar-refractivity contribution in [1.82, 2.24) is 19.8 Å². The summed E-state index contributed by atoms with van der Waals surface area (Å²) < 4.78 is 23.4. The molecule has 2 aliphatic rings. The van der Waals surface area contributed by atoms with Gasteiger partial charge in [-0.3, -0.25) is 0 Å². The van der Waals surface area contributed by atoms with E-state index in [2.05, 4.69) is 20.6 Å². The Kier molecular flexibility index (Phi) is 3.83. The van der Waals surface area contributed by atoms with Crippen molar-refractivity contribution in [2.24, 2.45) is 0 Å². The maximum Gasteiger partial charge on any atom is 0.231 e. The standard InChI is InChI=1S/C21H17N5O4/c1-3-15-17(29-11-27-15)9-13(1)7-8-22-19-5-6-20-23-24-21(26(20)25-19)14-2-4-16-18(10-14)30-12-28-16/h1-6,9-10H,7-8,11-12H2,(H,22,25). The van der Waals surface area contributed by atoms with Crippen molar-refractivity contribution in [1.29, 1.82) is 0 Å². The molecule has 2 aromatic heterocycles. The van der Waals surface area contributed by atoms with E-state index in [9.17, 15) is 0 Å². The van der Waals surface area contributed by atoms with Crippen molar-refractivity contribution < 1.29 is 18.9 Å². The monoisotopic (exact) mass is 403 g/mol. The molecule has 0 fully saturated rings. The van der Waals surface area contributed by atoms with Crippen LogP contribution in [0, 0.1) is 0 Å². The lowest BCUT2D eigenvalue weighted by atomic mass is 10.1. The van der Waals surface area contributed by atoms with Gasteiger partial charge in [0.2, 0.25) is 13.6 Å². The number of fused-ring (bicyclic) bond motifs is 3. The molecule has 9 heteroatoms. The average Bonchev–Trinajstić information content (AvgIpc) is 3.51. The Morgan fingerprint density at radius 3 is 2.43 bits per heavy atom. The van der Waals surface area contributed by atoms with Crippen LogP contribution in [0.3, 0.4) is 0 Å². The normalized spacial score (nSPS) is 13.7. The van der Waals surface area contributed by atoms with Crippen molar-refractivity contribution in [2.45, 2.75) is 6.42 Å². The Bertz CT molecular complexity index is 1260. The van der Waals surface area contributed by atoms with E-state index in [0.717, 1.165) is 47.2 Å². The first-order valence-electron chi connectivity index (χ1n) is 9.58. The van der Waals surface area contributed by atoms with Crippen LogP contribution in [0.4, 0.5) is 5.82 Å². The molecule has 9 nitrogen and oxygen atoms in total. The number of hydrogen-bond donors (Lipinski definition) is 1. The first-order chi connectivity index (χ1) is 14.8. The van der Waals surface area contributed by atoms with Crippen LogP contribution in [0.15, 0.2) is 48.5 Å². The van der Waals surface area contributed by atoms with Gasteiger partial charge in [0.25, 0.3) is 0 Å². The van der Waals surface area contributed by atoms with Crippen LogP contribution >= 0.6 is 0 Å². The Morgan fingerprint density at radius 2 is 1.57 bits per heavy atom. The first kappa shape index (κ1) is 16.9. The van der Waals surface area contributed by atoms with Crippen LogP contribution in [0.25, 0.3) is 17.0 Å². The number of ether oxygens (including phenoxy) is 4. The predicted octanol–water partition coefficient (Wildman–Crippen LogP) is 2.90. The van der Waals surface area contributed by atoms with Crippen LogP contribution in [0.5, 0.6) is 23.0 Å². The van der Waals surface area contributed by atoms with Gasteiger partial charge in [0.05, 0.1) is 0 Å². The Morgan fingerprint density at radius 1 is 0.800 bits per heavy atom. The summed E-state index contributed by atoms with van der Waals surface area (Å²) in [7, 11) is 0. The summed E-state index contributed by atoms with van der Waals surface area (Å²) in [5, 5.41) is 16.5. The molecule has 2 aliphatic heterocycles. The summed E-state index contributed by atoms with van der Waals surface area (Å²) in [5.41, 5.74) is 2.69. The molecule has 1 N–H and O–H groups in total. The van der Waals surface area contributed by atoms with Gasteiger partial charge in [-0.15, -0.1) is 15.3 Å². The molecule has 0 radical (unpaired) electrons. The third-order valence-electron chi connectivity index (χ3n) is 5.05. The summed E-state index contributed by atoms with van der Waals surface area (Å²) in [6.07, 6.45) is 0.827. The molecule has 0 amide bonds. The van der Waals surface area contributed by atoms with Gasteiger partial charge in [-0.25, -0.2) is 0 Å². The van der Waals surface area contributed by atoms with Crippen molar-refractivity contribution in [3.8, 4) is 34.4 Å². The number of anilines is 1. The zero-order valence-electron chi connectivity index (χ0n) is 15.9. The fourth-order valence-corrected chi connectivity index (χ4v) is 3.53. The number of benzene rings is 2. The molecule has 2 aromatic carbocycles. The minimum atomic E-state index is 0.231. The fourth-order valence-electron chi connectivity index (χ4n) is 3.53. The Balaban J connectivity index is 1.21. The smallest absolute Gasteiger partial charge is 0.231 e. The summed E-state index contributed by atoms with van der Waals surface area (Å²) in [4.78, 5) is 0. The average molecular weight is 403 g/mol. The quantitative estimate of drug-likeness (QED) is 0.544. The van der Waals surface area contributed by atoms with Crippen molar-refractivity contribution >= 4 is 11.5 Å². The number of nitrogens with zero attached hydrogens (tertiary/aromatic N) is 4. The van der Waals surface area contributed by atoms with E-state index in [1.165, 1.54) is 0 Å². The van der Waals surface area contributed by atoms with E-state index in [-0.39, 0.29) is 13.6 Å². The highest BCUT2D eigenvalue weighted by Gasteiger charge is 2.17. The van der Waals surface area contributed by atoms with Crippen molar-refractivity contribution in [2.75, 3.05) is 25.4 Å². The molecule has 0 saturated heterocycles. The van der Waals surface area contributed by atoms with Crippen LogP contribution in [0.2, 0.25) is 0 Å². The molecule has 0 bridgehead atoms. The molecular formula is C21H17N5O4. The third-order valence-corrected chi connectivity index (χ3v) is 5.05. The largest absolute Gasteiger partial charge is 0.454 e. The summed E-state index contributed by atoms with van der Waals surface area (Å²) in [6.45, 7) is 1.24. The maximum atomic E-state index is 5.47. The predicted molar refractivity (Wildman–Crippen MR) is 107 cm³/mol. The van der Waals surface area contributed by atoms with Gasteiger partial charge in [0, 0.05) is 12.1 Å². The lowest BCUT2D eigenvalue weighted by molar-refractivity contribution is 0.173. The van der Waals surface area contributed by atoms with Gasteiger partial charge >= 0.3 is 0 Å². The Hall–Kier alpha value is -4.01. The minimum Gasteiger partial charge on any atom is -0.454 e. The molecule has 150 valence electrons. The van der Waals surface area contributed by atoms with Crippen LogP contribution in [0.1, 0.15) is 5.56 Å². The lowest BCUT2D eigenvalue weighted by Gasteiger charge is -2.07. The lowest BCUT2D eigenvalue weighted by Crippen LogP contribution is -2.08. The molecule has 4 heterocycles. The van der Waals surface area contributed by atoms with Gasteiger partial charge in [-0.2, -0.15) is 4.52 Å². The maximum absolute atomic E-state index is 5.47. The summed E-state index contributed by atoms with van der Waals surface area (Å²) in [5.74, 6) is 4.40. The third kappa shape index (κ3) is 2.91. The van der Waals surface area contributed by atoms with Crippen molar-refractivity contribution in [3.05, 3.63) is 54.1 Å². The van der Waals surface area contributed by atoms with E-state index in [1.54, 1.807) is 4.52 Å². The van der Waals surface area contributed by atoms with Gasteiger partial charge in [0.15, 0.2) is 34.5 Å². The van der Waals surface area contributed by atoms with E-state index >= 15 is 0 Å². The molecule has 0 atom stereocenters. The second kappa shape index (κ2) is 6.80. The van der Waals surface area contributed by atoms with E-state index < -0.39 is 0 Å². The van der Waals surface area contributed by atoms with Gasteiger partial charge in [-0.1, -0.05) is 6.07 Å².